The third-order valence-corrected chi connectivity index (χ3v) is 7.20. The monoisotopic (exact) mass is 453 g/mol. The molecule has 1 aromatic rings. The van der Waals surface area contributed by atoms with E-state index < -0.39 is 0 Å². The number of carbonyl (C=O) groups is 1. The van der Waals surface area contributed by atoms with Crippen molar-refractivity contribution >= 4 is 38.8 Å². The summed E-state index contributed by atoms with van der Waals surface area (Å²) in [6, 6.07) is 6.26. The van der Waals surface area contributed by atoms with E-state index in [9.17, 15) is 4.79 Å². The molecule has 1 amide bonds. The highest BCUT2D eigenvalue weighted by Gasteiger charge is 2.54. The Labute approximate surface area is 171 Å². The first-order valence-electron chi connectivity index (χ1n) is 9.25. The Morgan fingerprint density at radius 1 is 1.52 bits per heavy atom. The highest BCUT2D eigenvalue weighted by atomic mass is 79.9. The van der Waals surface area contributed by atoms with E-state index in [2.05, 4.69) is 27.3 Å². The molecule has 0 aromatic heterocycles. The lowest BCUT2D eigenvalue weighted by atomic mass is 9.67. The number of halogens is 1. The first-order valence-corrected chi connectivity index (χ1v) is 11.0. The molecule has 1 spiro atoms. The number of hydrogen-bond donors (Lipinski definition) is 2. The molecule has 27 heavy (non-hydrogen) atoms. The van der Waals surface area contributed by atoms with Crippen molar-refractivity contribution in [1.29, 1.82) is 0 Å². The van der Waals surface area contributed by atoms with Crippen LogP contribution >= 0.6 is 27.7 Å². The van der Waals surface area contributed by atoms with Gasteiger partial charge in [-0.1, -0.05) is 27.7 Å². The second-order valence-corrected chi connectivity index (χ2v) is 9.30. The van der Waals surface area contributed by atoms with Crippen molar-refractivity contribution in [3.8, 4) is 5.75 Å². The zero-order valence-corrected chi connectivity index (χ0v) is 17.6. The SMILES string of the molecule is COCCC(=O)NC1CCC2Oc3ccc(Br)cc3C3(CSC(N)=N3)C2C1. The molecule has 3 N–H and O–H groups in total. The molecular weight excluding hydrogens is 430 g/mol. The Morgan fingerprint density at radius 3 is 3.11 bits per heavy atom. The molecular formula is C19H24BrN3O3S. The molecule has 4 atom stereocenters. The molecule has 1 saturated carbocycles. The zero-order valence-electron chi connectivity index (χ0n) is 15.2. The number of methoxy groups -OCH3 is 1. The molecule has 3 aliphatic rings. The summed E-state index contributed by atoms with van der Waals surface area (Å²) >= 11 is 5.19. The maximum Gasteiger partial charge on any atom is 0.222 e. The fourth-order valence-corrected chi connectivity index (χ4v) is 5.88. The quantitative estimate of drug-likeness (QED) is 0.731. The van der Waals surface area contributed by atoms with Gasteiger partial charge in [-0.2, -0.15) is 0 Å². The molecule has 8 heteroatoms. The van der Waals surface area contributed by atoms with Gasteiger partial charge in [-0.3, -0.25) is 4.79 Å². The van der Waals surface area contributed by atoms with Crippen LogP contribution in [0.1, 0.15) is 31.2 Å². The number of aliphatic imine (C=N–C) groups is 1. The van der Waals surface area contributed by atoms with Gasteiger partial charge in [-0.05, 0) is 37.5 Å². The molecule has 146 valence electrons. The summed E-state index contributed by atoms with van der Waals surface area (Å²) in [5.74, 6) is 1.95. The number of amidine groups is 1. The van der Waals surface area contributed by atoms with Crippen LogP contribution in [-0.4, -0.2) is 42.7 Å². The van der Waals surface area contributed by atoms with Crippen molar-refractivity contribution in [1.82, 2.24) is 5.32 Å². The summed E-state index contributed by atoms with van der Waals surface area (Å²) in [6.45, 7) is 0.441. The third-order valence-electron chi connectivity index (χ3n) is 5.73. The highest BCUT2D eigenvalue weighted by Crippen LogP contribution is 2.54. The van der Waals surface area contributed by atoms with E-state index >= 15 is 0 Å². The van der Waals surface area contributed by atoms with Gasteiger partial charge in [0.15, 0.2) is 5.17 Å². The first-order chi connectivity index (χ1) is 13.0. The minimum absolute atomic E-state index is 0.0398. The van der Waals surface area contributed by atoms with Crippen LogP contribution in [0.4, 0.5) is 0 Å². The number of nitrogens with two attached hydrogens (primary N) is 1. The largest absolute Gasteiger partial charge is 0.490 e. The van der Waals surface area contributed by atoms with E-state index in [0.29, 0.717) is 18.2 Å². The van der Waals surface area contributed by atoms with Crippen LogP contribution in [0.15, 0.2) is 27.7 Å². The van der Waals surface area contributed by atoms with Crippen LogP contribution in [0.5, 0.6) is 5.75 Å². The van der Waals surface area contributed by atoms with Gasteiger partial charge < -0.3 is 20.5 Å². The molecule has 0 saturated heterocycles. The van der Waals surface area contributed by atoms with Crippen molar-refractivity contribution in [3.63, 3.8) is 0 Å². The average Bonchev–Trinajstić information content (AvgIpc) is 3.04. The Bertz CT molecular complexity index is 775. The number of ether oxygens (including phenoxy) is 2. The lowest BCUT2D eigenvalue weighted by Gasteiger charge is -2.48. The topological polar surface area (TPSA) is 85.9 Å². The minimum Gasteiger partial charge on any atom is -0.490 e. The molecule has 1 aliphatic carbocycles. The standard InChI is InChI=1S/C19H24BrN3O3S/c1-25-7-6-17(24)22-12-3-5-16-14(9-12)19(10-27-18(21)23-19)13-8-11(20)2-4-15(13)26-16/h2,4,8,12,14,16H,3,5-7,9-10H2,1H3,(H2,21,23)(H,22,24). The van der Waals surface area contributed by atoms with Crippen molar-refractivity contribution in [2.24, 2.45) is 16.6 Å². The minimum atomic E-state index is -0.382. The summed E-state index contributed by atoms with van der Waals surface area (Å²) in [5.41, 5.74) is 6.82. The maximum absolute atomic E-state index is 12.2. The fourth-order valence-electron chi connectivity index (χ4n) is 4.49. The van der Waals surface area contributed by atoms with Crippen molar-refractivity contribution < 1.29 is 14.3 Å². The van der Waals surface area contributed by atoms with Gasteiger partial charge in [0, 0.05) is 41.3 Å². The Kier molecular flexibility index (Phi) is 5.40. The van der Waals surface area contributed by atoms with Crippen LogP contribution in [0.25, 0.3) is 0 Å². The van der Waals surface area contributed by atoms with Crippen molar-refractivity contribution in [2.75, 3.05) is 19.5 Å². The number of nitrogens with zero attached hydrogens (tertiary/aromatic N) is 1. The molecule has 4 unspecified atom stereocenters. The maximum atomic E-state index is 12.2. The van der Waals surface area contributed by atoms with Crippen LogP contribution in [0.2, 0.25) is 0 Å². The zero-order chi connectivity index (χ0) is 19.0. The van der Waals surface area contributed by atoms with Gasteiger partial charge in [-0.15, -0.1) is 0 Å². The third kappa shape index (κ3) is 3.59. The van der Waals surface area contributed by atoms with E-state index in [1.165, 1.54) is 0 Å². The predicted octanol–water partition coefficient (Wildman–Crippen LogP) is 2.79. The molecule has 0 radical (unpaired) electrons. The highest BCUT2D eigenvalue weighted by molar-refractivity contribution is 9.10. The normalized spacial score (nSPS) is 31.6. The number of hydrogen-bond acceptors (Lipinski definition) is 6. The molecule has 4 rings (SSSR count). The number of thioether (sulfide) groups is 1. The number of benzene rings is 1. The fraction of sp³-hybridized carbons (Fsp3) is 0.579. The second-order valence-electron chi connectivity index (χ2n) is 7.39. The van der Waals surface area contributed by atoms with Crippen LogP contribution in [-0.2, 0) is 15.1 Å². The van der Waals surface area contributed by atoms with Gasteiger partial charge in [0.1, 0.15) is 17.4 Å². The van der Waals surface area contributed by atoms with E-state index in [1.54, 1.807) is 18.9 Å². The summed E-state index contributed by atoms with van der Waals surface area (Å²) < 4.78 is 12.4. The molecule has 2 aliphatic heterocycles. The molecule has 2 heterocycles. The van der Waals surface area contributed by atoms with Crippen molar-refractivity contribution in [2.45, 2.75) is 43.4 Å². The summed E-state index contributed by atoms with van der Waals surface area (Å²) in [4.78, 5) is 17.1. The van der Waals surface area contributed by atoms with Gasteiger partial charge >= 0.3 is 0 Å². The number of carbonyl (C=O) groups excluding carboxylic acids is 1. The van der Waals surface area contributed by atoms with Gasteiger partial charge in [0.05, 0.1) is 6.61 Å². The van der Waals surface area contributed by atoms with Crippen molar-refractivity contribution in [3.05, 3.63) is 28.2 Å². The van der Waals surface area contributed by atoms with Crippen LogP contribution in [0.3, 0.4) is 0 Å². The average molecular weight is 454 g/mol. The van der Waals surface area contributed by atoms with Crippen LogP contribution < -0.4 is 15.8 Å². The van der Waals surface area contributed by atoms with Crippen LogP contribution in [0, 0.1) is 5.92 Å². The number of amides is 1. The van der Waals surface area contributed by atoms with Gasteiger partial charge in [0.2, 0.25) is 5.91 Å². The van der Waals surface area contributed by atoms with E-state index in [1.807, 2.05) is 12.1 Å². The molecule has 1 aromatic carbocycles. The van der Waals surface area contributed by atoms with E-state index in [0.717, 1.165) is 40.8 Å². The summed E-state index contributed by atoms with van der Waals surface area (Å²) in [5, 5.41) is 3.80. The summed E-state index contributed by atoms with van der Waals surface area (Å²) in [6.07, 6.45) is 3.14. The lowest BCUT2D eigenvalue weighted by molar-refractivity contribution is -0.123. The van der Waals surface area contributed by atoms with Gasteiger partial charge in [0.25, 0.3) is 0 Å². The molecule has 6 nitrogen and oxygen atoms in total. The van der Waals surface area contributed by atoms with E-state index in [4.69, 9.17) is 20.2 Å². The second kappa shape index (κ2) is 7.64. The Hall–Kier alpha value is -1.25. The van der Waals surface area contributed by atoms with Gasteiger partial charge in [-0.25, -0.2) is 4.99 Å². The first kappa shape index (κ1) is 19.1. The lowest BCUT2D eigenvalue weighted by Crippen LogP contribution is -2.54. The Balaban J connectivity index is 1.62. The smallest absolute Gasteiger partial charge is 0.222 e. The molecule has 0 bridgehead atoms. The number of nitrogens with one attached hydrogen (secondary N) is 1. The number of fused-ring (bicyclic) bond motifs is 4. The molecule has 1 fully saturated rings. The summed E-state index contributed by atoms with van der Waals surface area (Å²) in [7, 11) is 1.61. The van der Waals surface area contributed by atoms with E-state index in [-0.39, 0.29) is 29.5 Å². The number of rotatable bonds is 4. The predicted molar refractivity (Wildman–Crippen MR) is 110 cm³/mol. The Morgan fingerprint density at radius 2 is 2.37 bits per heavy atom.